The van der Waals surface area contributed by atoms with Crippen molar-refractivity contribution in [3.05, 3.63) is 59.2 Å². The Morgan fingerprint density at radius 1 is 0.967 bits per heavy atom. The van der Waals surface area contributed by atoms with Crippen molar-refractivity contribution >= 4 is 23.2 Å². The third-order valence-electron chi connectivity index (χ3n) is 5.08. The van der Waals surface area contributed by atoms with Crippen molar-refractivity contribution in [2.75, 3.05) is 37.4 Å². The van der Waals surface area contributed by atoms with E-state index in [4.69, 9.17) is 0 Å². The summed E-state index contributed by atoms with van der Waals surface area (Å²) in [5.74, 6) is -0.637. The van der Waals surface area contributed by atoms with E-state index in [0.29, 0.717) is 24.3 Å². The number of nitrogens with one attached hydrogen (secondary N) is 1. The Kier molecular flexibility index (Phi) is 6.34. The van der Waals surface area contributed by atoms with Gasteiger partial charge in [0, 0.05) is 44.1 Å². The van der Waals surface area contributed by atoms with Crippen LogP contribution in [0.3, 0.4) is 0 Å². The summed E-state index contributed by atoms with van der Waals surface area (Å²) in [5.41, 5.74) is 0.906. The van der Waals surface area contributed by atoms with Crippen LogP contribution in [-0.2, 0) is 6.18 Å². The molecule has 0 atom stereocenters. The lowest BCUT2D eigenvalue weighted by Crippen LogP contribution is -2.36. The molecule has 30 heavy (non-hydrogen) atoms. The van der Waals surface area contributed by atoms with Crippen LogP contribution in [-0.4, -0.2) is 43.9 Å². The number of amides is 2. The molecule has 1 fully saturated rings. The molecule has 2 aromatic carbocycles. The minimum Gasteiger partial charge on any atom is -0.377 e. The average molecular weight is 419 g/mol. The molecule has 0 radical (unpaired) electrons. The van der Waals surface area contributed by atoms with Gasteiger partial charge < -0.3 is 15.1 Å². The number of anilines is 2. The SMILES string of the molecule is CN(C)c1ccc(NC(=O)c2ccc(C(F)(F)F)cc2)cc1C(=O)N1CCCCC1. The van der Waals surface area contributed by atoms with E-state index in [2.05, 4.69) is 5.32 Å². The summed E-state index contributed by atoms with van der Waals surface area (Å²) < 4.78 is 38.1. The van der Waals surface area contributed by atoms with Crippen molar-refractivity contribution in [2.24, 2.45) is 0 Å². The molecule has 1 N–H and O–H groups in total. The van der Waals surface area contributed by atoms with Crippen LogP contribution >= 0.6 is 0 Å². The maximum Gasteiger partial charge on any atom is 0.416 e. The Bertz CT molecular complexity index is 918. The lowest BCUT2D eigenvalue weighted by molar-refractivity contribution is -0.137. The number of alkyl halides is 3. The van der Waals surface area contributed by atoms with E-state index in [1.807, 2.05) is 23.9 Å². The fraction of sp³-hybridized carbons (Fsp3) is 0.364. The van der Waals surface area contributed by atoms with Crippen LogP contribution in [0.25, 0.3) is 0 Å². The summed E-state index contributed by atoms with van der Waals surface area (Å²) in [6, 6.07) is 9.04. The van der Waals surface area contributed by atoms with Gasteiger partial charge in [-0.2, -0.15) is 13.2 Å². The summed E-state index contributed by atoms with van der Waals surface area (Å²) >= 11 is 0. The van der Waals surface area contributed by atoms with Crippen molar-refractivity contribution < 1.29 is 22.8 Å². The molecule has 0 bridgehead atoms. The normalized spacial score (nSPS) is 14.4. The quantitative estimate of drug-likeness (QED) is 0.785. The van der Waals surface area contributed by atoms with E-state index < -0.39 is 17.6 Å². The van der Waals surface area contributed by atoms with E-state index in [1.54, 1.807) is 18.2 Å². The highest BCUT2D eigenvalue weighted by Gasteiger charge is 2.30. The number of carbonyl (C=O) groups is 2. The second-order valence-corrected chi connectivity index (χ2v) is 7.51. The number of rotatable bonds is 4. The van der Waals surface area contributed by atoms with Gasteiger partial charge in [0.2, 0.25) is 0 Å². The molecule has 2 amide bonds. The van der Waals surface area contributed by atoms with Gasteiger partial charge in [0.15, 0.2) is 0 Å². The van der Waals surface area contributed by atoms with Crippen LogP contribution in [0.1, 0.15) is 45.5 Å². The number of hydrogen-bond donors (Lipinski definition) is 1. The van der Waals surface area contributed by atoms with Gasteiger partial charge in [-0.3, -0.25) is 9.59 Å². The fourth-order valence-electron chi connectivity index (χ4n) is 3.46. The van der Waals surface area contributed by atoms with E-state index in [0.717, 1.165) is 49.2 Å². The minimum absolute atomic E-state index is 0.0935. The van der Waals surface area contributed by atoms with Gasteiger partial charge in [-0.05, 0) is 61.7 Å². The standard InChI is InChI=1S/C22H24F3N3O2/c1-27(2)19-11-10-17(14-18(19)21(30)28-12-4-3-5-13-28)26-20(29)15-6-8-16(9-7-15)22(23,24)25/h6-11,14H,3-5,12-13H2,1-2H3,(H,26,29). The first-order chi connectivity index (χ1) is 14.2. The molecule has 0 saturated carbocycles. The van der Waals surface area contributed by atoms with Crippen LogP contribution in [0.2, 0.25) is 0 Å². The highest BCUT2D eigenvalue weighted by molar-refractivity contribution is 6.06. The van der Waals surface area contributed by atoms with Gasteiger partial charge in [-0.1, -0.05) is 0 Å². The van der Waals surface area contributed by atoms with Gasteiger partial charge in [0.1, 0.15) is 0 Å². The molecule has 1 aliphatic heterocycles. The number of likely N-dealkylation sites (tertiary alicyclic amines) is 1. The number of piperidine rings is 1. The molecule has 0 unspecified atom stereocenters. The van der Waals surface area contributed by atoms with E-state index >= 15 is 0 Å². The zero-order valence-electron chi connectivity index (χ0n) is 16.9. The van der Waals surface area contributed by atoms with Crippen molar-refractivity contribution in [1.82, 2.24) is 4.90 Å². The molecule has 1 heterocycles. The molecule has 3 rings (SSSR count). The first-order valence-corrected chi connectivity index (χ1v) is 9.76. The zero-order valence-corrected chi connectivity index (χ0v) is 16.9. The number of carbonyl (C=O) groups excluding carboxylic acids is 2. The molecule has 2 aromatic rings. The molecule has 0 spiro atoms. The third-order valence-corrected chi connectivity index (χ3v) is 5.08. The Balaban J connectivity index is 1.82. The Morgan fingerprint density at radius 2 is 1.60 bits per heavy atom. The molecule has 5 nitrogen and oxygen atoms in total. The summed E-state index contributed by atoms with van der Waals surface area (Å²) in [4.78, 5) is 29.2. The van der Waals surface area contributed by atoms with Gasteiger partial charge in [-0.15, -0.1) is 0 Å². The predicted molar refractivity (Wildman–Crippen MR) is 110 cm³/mol. The highest BCUT2D eigenvalue weighted by atomic mass is 19.4. The van der Waals surface area contributed by atoms with Crippen molar-refractivity contribution in [1.29, 1.82) is 0 Å². The molecule has 160 valence electrons. The topological polar surface area (TPSA) is 52.7 Å². The first-order valence-electron chi connectivity index (χ1n) is 9.76. The second kappa shape index (κ2) is 8.77. The van der Waals surface area contributed by atoms with E-state index in [9.17, 15) is 22.8 Å². The minimum atomic E-state index is -4.46. The average Bonchev–Trinajstić information content (AvgIpc) is 2.73. The second-order valence-electron chi connectivity index (χ2n) is 7.51. The van der Waals surface area contributed by atoms with Crippen molar-refractivity contribution in [3.8, 4) is 0 Å². The summed E-state index contributed by atoms with van der Waals surface area (Å²) in [6.07, 6.45) is -1.42. The molecular formula is C22H24F3N3O2. The highest BCUT2D eigenvalue weighted by Crippen LogP contribution is 2.29. The van der Waals surface area contributed by atoms with Crippen LogP contribution in [0.4, 0.5) is 24.5 Å². The number of benzene rings is 2. The van der Waals surface area contributed by atoms with E-state index in [-0.39, 0.29) is 11.5 Å². The Hall–Kier alpha value is -3.03. The van der Waals surface area contributed by atoms with Gasteiger partial charge in [-0.25, -0.2) is 0 Å². The molecule has 1 aliphatic rings. The monoisotopic (exact) mass is 419 g/mol. The first kappa shape index (κ1) is 21.7. The van der Waals surface area contributed by atoms with Gasteiger partial charge in [0.05, 0.1) is 11.1 Å². The maximum absolute atomic E-state index is 13.0. The molecular weight excluding hydrogens is 395 g/mol. The van der Waals surface area contributed by atoms with Crippen LogP contribution in [0.15, 0.2) is 42.5 Å². The predicted octanol–water partition coefficient (Wildman–Crippen LogP) is 4.65. The molecule has 8 heteroatoms. The van der Waals surface area contributed by atoms with E-state index in [1.165, 1.54) is 0 Å². The molecule has 0 aliphatic carbocycles. The van der Waals surface area contributed by atoms with Gasteiger partial charge in [0.25, 0.3) is 11.8 Å². The fourth-order valence-corrected chi connectivity index (χ4v) is 3.46. The molecule has 1 saturated heterocycles. The van der Waals surface area contributed by atoms with Crippen molar-refractivity contribution in [3.63, 3.8) is 0 Å². The largest absolute Gasteiger partial charge is 0.416 e. The summed E-state index contributed by atoms with van der Waals surface area (Å²) in [7, 11) is 3.67. The van der Waals surface area contributed by atoms with Crippen LogP contribution in [0, 0.1) is 0 Å². The van der Waals surface area contributed by atoms with Crippen LogP contribution < -0.4 is 10.2 Å². The zero-order chi connectivity index (χ0) is 21.9. The Labute approximate surface area is 173 Å². The van der Waals surface area contributed by atoms with Crippen molar-refractivity contribution in [2.45, 2.75) is 25.4 Å². The summed E-state index contributed by atoms with van der Waals surface area (Å²) in [6.45, 7) is 1.40. The molecule has 0 aromatic heterocycles. The lowest BCUT2D eigenvalue weighted by atomic mass is 10.1. The smallest absolute Gasteiger partial charge is 0.377 e. The maximum atomic E-state index is 13.0. The number of nitrogens with zero attached hydrogens (tertiary/aromatic N) is 2. The van der Waals surface area contributed by atoms with Gasteiger partial charge >= 0.3 is 6.18 Å². The number of hydrogen-bond acceptors (Lipinski definition) is 3. The number of halogens is 3. The summed E-state index contributed by atoms with van der Waals surface area (Å²) in [5, 5.41) is 2.67. The van der Waals surface area contributed by atoms with Crippen LogP contribution in [0.5, 0.6) is 0 Å². The third kappa shape index (κ3) is 4.93. The lowest BCUT2D eigenvalue weighted by Gasteiger charge is -2.28. The Morgan fingerprint density at radius 3 is 2.17 bits per heavy atom.